The fourth-order valence-corrected chi connectivity index (χ4v) is 8.70. The van der Waals surface area contributed by atoms with Gasteiger partial charge in [-0.3, -0.25) is 4.79 Å². The second-order valence-corrected chi connectivity index (χ2v) is 12.2. The Morgan fingerprint density at radius 1 is 1.06 bits per heavy atom. The number of carbonyl (C=O) groups excluding carboxylic acids is 1. The third-order valence-electron chi connectivity index (χ3n) is 10.7. The van der Waals surface area contributed by atoms with Gasteiger partial charge >= 0.3 is 0 Å². The predicted octanol–water partition coefficient (Wildman–Crippen LogP) is 2.34. The number of ether oxygens (including phenoxy) is 2. The van der Waals surface area contributed by atoms with Crippen LogP contribution in [-0.2, 0) is 14.3 Å². The minimum Gasteiger partial charge on any atom is -0.389 e. The number of Topliss-reactive ketones (excluding diaryl/α,β-unsaturated/α-hetero) is 1. The van der Waals surface area contributed by atoms with Crippen LogP contribution in [0, 0.1) is 34.5 Å². The molecule has 0 aromatic heterocycles. The zero-order chi connectivity index (χ0) is 24.4. The number of hydrogen-bond donors (Lipinski definition) is 4. The van der Waals surface area contributed by atoms with Crippen LogP contribution >= 0.6 is 0 Å². The first-order chi connectivity index (χ1) is 16.1. The molecule has 192 valence electrons. The Labute approximate surface area is 202 Å². The van der Waals surface area contributed by atoms with Gasteiger partial charge in [0.15, 0.2) is 12.1 Å². The zero-order valence-electron chi connectivity index (χ0n) is 20.7. The van der Waals surface area contributed by atoms with E-state index in [0.717, 1.165) is 51.4 Å². The number of aliphatic hydroxyl groups excluding tert-OH is 4. The molecule has 12 atom stereocenters. The molecular formula is C27H42O7. The SMILES string of the molecule is C[C@H]1O[C@@H](OC2CC[C@@]3(C)C(=CC[C@H]4[C@@H]5CC[C@H](C(=O)CO)[C@@]5(C)CC[C@@H]43)C2)[C@H](O)[C@@H](O)[C@H]1O. The van der Waals surface area contributed by atoms with Crippen molar-refractivity contribution in [2.75, 3.05) is 6.61 Å². The Morgan fingerprint density at radius 2 is 1.82 bits per heavy atom. The Balaban J connectivity index is 1.29. The van der Waals surface area contributed by atoms with Crippen LogP contribution in [0.15, 0.2) is 11.6 Å². The van der Waals surface area contributed by atoms with Crippen LogP contribution in [-0.4, -0.2) is 69.6 Å². The van der Waals surface area contributed by atoms with E-state index in [1.807, 2.05) is 0 Å². The summed E-state index contributed by atoms with van der Waals surface area (Å²) in [4.78, 5) is 12.5. The molecular weight excluding hydrogens is 436 g/mol. The first-order valence-electron chi connectivity index (χ1n) is 13.3. The lowest BCUT2D eigenvalue weighted by Gasteiger charge is -2.58. The normalized spacial score (nSPS) is 52.9. The van der Waals surface area contributed by atoms with E-state index in [1.54, 1.807) is 6.92 Å². The highest BCUT2D eigenvalue weighted by molar-refractivity contribution is 5.83. The summed E-state index contributed by atoms with van der Waals surface area (Å²) in [6.07, 6.45) is 5.02. The summed E-state index contributed by atoms with van der Waals surface area (Å²) in [5.41, 5.74) is 1.58. The highest BCUT2D eigenvalue weighted by Gasteiger charge is 2.60. The summed E-state index contributed by atoms with van der Waals surface area (Å²) < 4.78 is 11.8. The standard InChI is InChI=1S/C27H42O7/c1-14-22(30)23(31)24(32)25(33-14)34-16-8-10-26(2)15(12-16)4-5-17-18-6-7-20(21(29)13-28)27(18,3)11-9-19(17)26/h4,14,16-20,22-25,28,30-32H,5-13H2,1-3H3/t14-,16?,17+,18+,19+,20-,22+,23+,24-,25+,26+,27+/m1/s1. The molecule has 4 fully saturated rings. The molecule has 4 aliphatic carbocycles. The zero-order valence-corrected chi connectivity index (χ0v) is 20.7. The van der Waals surface area contributed by atoms with Crippen molar-refractivity contribution in [3.8, 4) is 0 Å². The van der Waals surface area contributed by atoms with E-state index < -0.39 is 30.7 Å². The quantitative estimate of drug-likeness (QED) is 0.458. The summed E-state index contributed by atoms with van der Waals surface area (Å²) in [7, 11) is 0. The summed E-state index contributed by atoms with van der Waals surface area (Å²) in [5.74, 6) is 1.75. The third-order valence-corrected chi connectivity index (χ3v) is 10.7. The summed E-state index contributed by atoms with van der Waals surface area (Å²) in [5, 5.41) is 40.0. The molecule has 3 saturated carbocycles. The maximum Gasteiger partial charge on any atom is 0.186 e. The van der Waals surface area contributed by atoms with E-state index in [9.17, 15) is 25.2 Å². The van der Waals surface area contributed by atoms with Crippen LogP contribution in [0.5, 0.6) is 0 Å². The minimum absolute atomic E-state index is 0.00366. The molecule has 4 N–H and O–H groups in total. The fourth-order valence-electron chi connectivity index (χ4n) is 8.70. The number of fused-ring (bicyclic) bond motifs is 5. The molecule has 34 heavy (non-hydrogen) atoms. The van der Waals surface area contributed by atoms with Crippen molar-refractivity contribution in [3.63, 3.8) is 0 Å². The van der Waals surface area contributed by atoms with E-state index in [0.29, 0.717) is 17.8 Å². The van der Waals surface area contributed by atoms with Crippen LogP contribution in [0.4, 0.5) is 0 Å². The second-order valence-electron chi connectivity index (χ2n) is 12.2. The summed E-state index contributed by atoms with van der Waals surface area (Å²) >= 11 is 0. The van der Waals surface area contributed by atoms with Gasteiger partial charge in [0.2, 0.25) is 0 Å². The molecule has 1 heterocycles. The molecule has 0 radical (unpaired) electrons. The molecule has 5 rings (SSSR count). The lowest BCUT2D eigenvalue weighted by Crippen LogP contribution is -2.58. The van der Waals surface area contributed by atoms with Gasteiger partial charge in [0.05, 0.1) is 12.2 Å². The minimum atomic E-state index is -1.28. The van der Waals surface area contributed by atoms with Gasteiger partial charge in [0.1, 0.15) is 24.9 Å². The van der Waals surface area contributed by atoms with Gasteiger partial charge in [-0.25, -0.2) is 0 Å². The average molecular weight is 479 g/mol. The van der Waals surface area contributed by atoms with Crippen LogP contribution < -0.4 is 0 Å². The van der Waals surface area contributed by atoms with Crippen molar-refractivity contribution >= 4 is 5.78 Å². The Morgan fingerprint density at radius 3 is 2.56 bits per heavy atom. The smallest absolute Gasteiger partial charge is 0.186 e. The number of rotatable bonds is 4. The van der Waals surface area contributed by atoms with E-state index in [1.165, 1.54) is 5.57 Å². The van der Waals surface area contributed by atoms with E-state index in [2.05, 4.69) is 19.9 Å². The molecule has 0 bridgehead atoms. The summed E-state index contributed by atoms with van der Waals surface area (Å²) in [6, 6.07) is 0. The van der Waals surface area contributed by atoms with Gasteiger partial charge in [-0.1, -0.05) is 25.5 Å². The number of carbonyl (C=O) groups is 1. The van der Waals surface area contributed by atoms with Crippen molar-refractivity contribution in [2.45, 2.75) is 109 Å². The molecule has 1 unspecified atom stereocenters. The molecule has 7 nitrogen and oxygen atoms in total. The van der Waals surface area contributed by atoms with Crippen LogP contribution in [0.2, 0.25) is 0 Å². The number of allylic oxidation sites excluding steroid dienone is 1. The molecule has 0 amide bonds. The Bertz CT molecular complexity index is 828. The number of hydrogen-bond acceptors (Lipinski definition) is 7. The van der Waals surface area contributed by atoms with E-state index >= 15 is 0 Å². The largest absolute Gasteiger partial charge is 0.389 e. The van der Waals surface area contributed by atoms with Gasteiger partial charge in [-0.15, -0.1) is 0 Å². The van der Waals surface area contributed by atoms with Crippen molar-refractivity contribution in [1.82, 2.24) is 0 Å². The molecule has 1 aliphatic heterocycles. The fraction of sp³-hybridized carbons (Fsp3) is 0.889. The molecule has 1 saturated heterocycles. The lowest BCUT2D eigenvalue weighted by molar-refractivity contribution is -0.305. The van der Waals surface area contributed by atoms with E-state index in [4.69, 9.17) is 9.47 Å². The maximum atomic E-state index is 12.5. The van der Waals surface area contributed by atoms with Crippen molar-refractivity contribution in [3.05, 3.63) is 11.6 Å². The van der Waals surface area contributed by atoms with Crippen LogP contribution in [0.3, 0.4) is 0 Å². The molecule has 0 aromatic rings. The Hall–Kier alpha value is -0.830. The Kier molecular flexibility index (Phi) is 6.52. The second kappa shape index (κ2) is 8.93. The van der Waals surface area contributed by atoms with Crippen molar-refractivity contribution in [1.29, 1.82) is 0 Å². The van der Waals surface area contributed by atoms with Gasteiger partial charge in [0.25, 0.3) is 0 Å². The van der Waals surface area contributed by atoms with Gasteiger partial charge in [0, 0.05) is 5.92 Å². The monoisotopic (exact) mass is 478 g/mol. The maximum absolute atomic E-state index is 12.5. The molecule has 5 aliphatic rings. The first kappa shape index (κ1) is 24.8. The van der Waals surface area contributed by atoms with Crippen LogP contribution in [0.1, 0.15) is 72.1 Å². The highest BCUT2D eigenvalue weighted by atomic mass is 16.7. The highest BCUT2D eigenvalue weighted by Crippen LogP contribution is 2.66. The molecule has 7 heteroatoms. The number of aliphatic hydroxyl groups is 4. The topological polar surface area (TPSA) is 116 Å². The van der Waals surface area contributed by atoms with Gasteiger partial charge < -0.3 is 29.9 Å². The predicted molar refractivity (Wildman–Crippen MR) is 125 cm³/mol. The van der Waals surface area contributed by atoms with E-state index in [-0.39, 0.29) is 35.2 Å². The van der Waals surface area contributed by atoms with Crippen molar-refractivity contribution < 1.29 is 34.7 Å². The third kappa shape index (κ3) is 3.73. The van der Waals surface area contributed by atoms with Crippen molar-refractivity contribution in [2.24, 2.45) is 34.5 Å². The van der Waals surface area contributed by atoms with Crippen LogP contribution in [0.25, 0.3) is 0 Å². The van der Waals surface area contributed by atoms with Gasteiger partial charge in [-0.05, 0) is 86.9 Å². The number of ketones is 1. The average Bonchev–Trinajstić information content (AvgIpc) is 3.18. The summed E-state index contributed by atoms with van der Waals surface area (Å²) in [6.45, 7) is 6.05. The lowest BCUT2D eigenvalue weighted by atomic mass is 9.47. The molecule has 0 aromatic carbocycles. The first-order valence-corrected chi connectivity index (χ1v) is 13.3. The molecule has 0 spiro atoms. The van der Waals surface area contributed by atoms with Gasteiger partial charge in [-0.2, -0.15) is 0 Å².